The number of hydrogen-bond acceptors (Lipinski definition) is 2. The third-order valence-electron chi connectivity index (χ3n) is 5.44. The van der Waals surface area contributed by atoms with E-state index in [-0.39, 0.29) is 5.91 Å². The van der Waals surface area contributed by atoms with E-state index in [0.717, 1.165) is 50.0 Å². The van der Waals surface area contributed by atoms with Gasteiger partial charge in [0.1, 0.15) is 0 Å². The van der Waals surface area contributed by atoms with Crippen LogP contribution in [0.15, 0.2) is 42.5 Å². The second kappa shape index (κ2) is 5.40. The normalized spacial score (nSPS) is 20.6. The number of rotatable bonds is 1. The molecule has 22 heavy (non-hydrogen) atoms. The monoisotopic (exact) mass is 294 g/mol. The quantitative estimate of drug-likeness (QED) is 0.876. The van der Waals surface area contributed by atoms with Crippen molar-refractivity contribution in [3.05, 3.63) is 48.0 Å². The maximum atomic E-state index is 12.8. The molecule has 2 aliphatic rings. The summed E-state index contributed by atoms with van der Waals surface area (Å²) in [5, 5.41) is 5.80. The Morgan fingerprint density at radius 1 is 1.00 bits per heavy atom. The van der Waals surface area contributed by atoms with Gasteiger partial charge in [-0.3, -0.25) is 4.79 Å². The summed E-state index contributed by atoms with van der Waals surface area (Å²) in [6, 6.07) is 14.3. The second-order valence-electron chi connectivity index (χ2n) is 6.78. The largest absolute Gasteiger partial charge is 0.339 e. The number of amides is 1. The van der Waals surface area contributed by atoms with Crippen LogP contribution in [0.3, 0.4) is 0 Å². The molecule has 1 N–H and O–H groups in total. The summed E-state index contributed by atoms with van der Waals surface area (Å²) >= 11 is 0. The molecule has 0 aliphatic carbocycles. The highest BCUT2D eigenvalue weighted by atomic mass is 16.2. The van der Waals surface area contributed by atoms with Gasteiger partial charge in [0.15, 0.2) is 0 Å². The molecule has 0 saturated carbocycles. The van der Waals surface area contributed by atoms with Gasteiger partial charge in [-0.05, 0) is 54.1 Å². The number of benzene rings is 2. The number of likely N-dealkylation sites (tertiary alicyclic amines) is 1. The molecule has 2 aliphatic heterocycles. The van der Waals surface area contributed by atoms with Gasteiger partial charge in [0.05, 0.1) is 0 Å². The van der Waals surface area contributed by atoms with E-state index in [1.54, 1.807) is 0 Å². The molecule has 1 amide bonds. The third-order valence-corrected chi connectivity index (χ3v) is 5.44. The topological polar surface area (TPSA) is 32.3 Å². The smallest absolute Gasteiger partial charge is 0.253 e. The van der Waals surface area contributed by atoms with E-state index in [1.165, 1.54) is 11.8 Å². The van der Waals surface area contributed by atoms with Crippen molar-refractivity contribution in [3.63, 3.8) is 0 Å². The number of carbonyl (C=O) groups is 1. The summed E-state index contributed by atoms with van der Waals surface area (Å²) in [6.45, 7) is 4.06. The highest BCUT2D eigenvalue weighted by Gasteiger charge is 2.38. The van der Waals surface area contributed by atoms with Crippen LogP contribution in [0.25, 0.3) is 10.8 Å². The SMILES string of the molecule is O=C(c1ccc2ccccc2c1)N1CCC2(CCNC2)CC1. The molecule has 3 heteroatoms. The Balaban J connectivity index is 1.51. The first kappa shape index (κ1) is 13.8. The lowest BCUT2D eigenvalue weighted by molar-refractivity contribution is 0.0608. The predicted octanol–water partition coefficient (Wildman–Crippen LogP) is 3.06. The van der Waals surface area contributed by atoms with Crippen LogP contribution in [-0.4, -0.2) is 37.0 Å². The minimum atomic E-state index is 0.187. The molecule has 2 fully saturated rings. The summed E-state index contributed by atoms with van der Waals surface area (Å²) in [5.41, 5.74) is 1.28. The Morgan fingerprint density at radius 2 is 1.77 bits per heavy atom. The molecule has 0 bridgehead atoms. The van der Waals surface area contributed by atoms with E-state index in [1.807, 2.05) is 29.2 Å². The third kappa shape index (κ3) is 2.40. The summed E-state index contributed by atoms with van der Waals surface area (Å²) in [6.07, 6.45) is 3.55. The maximum Gasteiger partial charge on any atom is 0.253 e. The first-order chi connectivity index (χ1) is 10.8. The van der Waals surface area contributed by atoms with Crippen molar-refractivity contribution in [3.8, 4) is 0 Å². The van der Waals surface area contributed by atoms with Crippen LogP contribution in [0.4, 0.5) is 0 Å². The Hall–Kier alpha value is -1.87. The molecule has 0 unspecified atom stereocenters. The van der Waals surface area contributed by atoms with Crippen LogP contribution in [-0.2, 0) is 0 Å². The van der Waals surface area contributed by atoms with Crippen molar-refractivity contribution < 1.29 is 4.79 Å². The molecule has 3 nitrogen and oxygen atoms in total. The first-order valence-electron chi connectivity index (χ1n) is 8.25. The maximum absolute atomic E-state index is 12.8. The zero-order valence-electron chi connectivity index (χ0n) is 12.8. The second-order valence-corrected chi connectivity index (χ2v) is 6.78. The number of nitrogens with one attached hydrogen (secondary N) is 1. The van der Waals surface area contributed by atoms with Crippen molar-refractivity contribution in [2.24, 2.45) is 5.41 Å². The molecule has 1 spiro atoms. The molecular formula is C19H22N2O. The number of nitrogens with zero attached hydrogens (tertiary/aromatic N) is 1. The van der Waals surface area contributed by atoms with Crippen LogP contribution < -0.4 is 5.32 Å². The van der Waals surface area contributed by atoms with Crippen LogP contribution in [0.1, 0.15) is 29.6 Å². The van der Waals surface area contributed by atoms with Crippen LogP contribution >= 0.6 is 0 Å². The lowest BCUT2D eigenvalue weighted by Gasteiger charge is -2.38. The minimum Gasteiger partial charge on any atom is -0.339 e. The highest BCUT2D eigenvalue weighted by Crippen LogP contribution is 2.37. The van der Waals surface area contributed by atoms with E-state index in [2.05, 4.69) is 23.5 Å². The molecular weight excluding hydrogens is 272 g/mol. The van der Waals surface area contributed by atoms with Crippen molar-refractivity contribution in [2.45, 2.75) is 19.3 Å². The van der Waals surface area contributed by atoms with E-state index in [0.29, 0.717) is 5.41 Å². The van der Waals surface area contributed by atoms with E-state index in [9.17, 15) is 4.79 Å². The zero-order chi connectivity index (χ0) is 15.0. The fourth-order valence-electron chi connectivity index (χ4n) is 3.91. The van der Waals surface area contributed by atoms with Gasteiger partial charge < -0.3 is 10.2 Å². The van der Waals surface area contributed by atoms with Gasteiger partial charge >= 0.3 is 0 Å². The Bertz CT molecular complexity index is 693. The highest BCUT2D eigenvalue weighted by molar-refractivity contribution is 5.98. The first-order valence-corrected chi connectivity index (χ1v) is 8.25. The Kier molecular flexibility index (Phi) is 3.38. The van der Waals surface area contributed by atoms with Gasteiger partial charge in [-0.2, -0.15) is 0 Å². The fourth-order valence-corrected chi connectivity index (χ4v) is 3.91. The molecule has 4 rings (SSSR count). The summed E-state index contributed by atoms with van der Waals surface area (Å²) < 4.78 is 0. The van der Waals surface area contributed by atoms with Gasteiger partial charge in [-0.15, -0.1) is 0 Å². The summed E-state index contributed by atoms with van der Waals surface area (Å²) in [5.74, 6) is 0.187. The van der Waals surface area contributed by atoms with Crippen molar-refractivity contribution in [1.29, 1.82) is 0 Å². The molecule has 0 atom stereocenters. The summed E-state index contributed by atoms with van der Waals surface area (Å²) in [7, 11) is 0. The number of piperidine rings is 1. The molecule has 2 heterocycles. The Morgan fingerprint density at radius 3 is 2.50 bits per heavy atom. The summed E-state index contributed by atoms with van der Waals surface area (Å²) in [4.78, 5) is 14.8. The van der Waals surface area contributed by atoms with Crippen molar-refractivity contribution in [2.75, 3.05) is 26.2 Å². The molecule has 0 radical (unpaired) electrons. The fraction of sp³-hybridized carbons (Fsp3) is 0.421. The van der Waals surface area contributed by atoms with E-state index < -0.39 is 0 Å². The average molecular weight is 294 g/mol. The average Bonchev–Trinajstić information content (AvgIpc) is 3.02. The van der Waals surface area contributed by atoms with Gasteiger partial charge in [0, 0.05) is 25.2 Å². The van der Waals surface area contributed by atoms with E-state index in [4.69, 9.17) is 0 Å². The predicted molar refractivity (Wildman–Crippen MR) is 89.0 cm³/mol. The number of fused-ring (bicyclic) bond motifs is 1. The molecule has 114 valence electrons. The molecule has 2 aromatic carbocycles. The van der Waals surface area contributed by atoms with Crippen molar-refractivity contribution >= 4 is 16.7 Å². The standard InChI is InChI=1S/C19H22N2O/c22-18(17-6-5-15-3-1-2-4-16(15)13-17)21-11-8-19(9-12-21)7-10-20-14-19/h1-6,13,20H,7-12,14H2. The minimum absolute atomic E-state index is 0.187. The van der Waals surface area contributed by atoms with Gasteiger partial charge in [0.2, 0.25) is 0 Å². The van der Waals surface area contributed by atoms with Crippen LogP contribution in [0.5, 0.6) is 0 Å². The lowest BCUT2D eigenvalue weighted by atomic mass is 9.78. The molecule has 2 aromatic rings. The lowest BCUT2D eigenvalue weighted by Crippen LogP contribution is -2.44. The van der Waals surface area contributed by atoms with Crippen molar-refractivity contribution in [1.82, 2.24) is 10.2 Å². The molecule has 2 saturated heterocycles. The number of carbonyl (C=O) groups excluding carboxylic acids is 1. The van der Waals surface area contributed by atoms with Gasteiger partial charge in [-0.1, -0.05) is 30.3 Å². The van der Waals surface area contributed by atoms with Gasteiger partial charge in [0.25, 0.3) is 5.91 Å². The molecule has 0 aromatic heterocycles. The van der Waals surface area contributed by atoms with Gasteiger partial charge in [-0.25, -0.2) is 0 Å². The van der Waals surface area contributed by atoms with E-state index >= 15 is 0 Å². The Labute approximate surface area is 131 Å². The number of hydrogen-bond donors (Lipinski definition) is 1. The zero-order valence-corrected chi connectivity index (χ0v) is 12.8. The van der Waals surface area contributed by atoms with Crippen LogP contribution in [0.2, 0.25) is 0 Å². The van der Waals surface area contributed by atoms with Crippen LogP contribution in [0, 0.1) is 5.41 Å².